The number of rotatable bonds is 4. The molecule has 0 bridgehead atoms. The molecule has 4 aromatic rings. The first kappa shape index (κ1) is 17.8. The van der Waals surface area contributed by atoms with Crippen LogP contribution in [0.15, 0.2) is 61.1 Å². The molecule has 0 saturated heterocycles. The number of aromatic amines is 1. The van der Waals surface area contributed by atoms with Crippen LogP contribution in [0, 0.1) is 0 Å². The lowest BCUT2D eigenvalue weighted by Gasteiger charge is -2.14. The van der Waals surface area contributed by atoms with Crippen LogP contribution < -0.4 is 10.1 Å². The first-order valence-corrected chi connectivity index (χ1v) is 8.35. The standard InChI is InChI=1S/C20H15F3N4O/c1-28-19-6-5-12(15-9-16-18(27-15)10-24-11-25-16)7-17(19)26-14-4-2-3-13(8-14)20(21,22)23/h2-11,26-27H,1H3. The predicted octanol–water partition coefficient (Wildman–Crippen LogP) is 5.40. The van der Waals surface area contributed by atoms with E-state index >= 15 is 0 Å². The highest BCUT2D eigenvalue weighted by atomic mass is 19.4. The minimum absolute atomic E-state index is 0.313. The molecule has 2 aromatic heterocycles. The molecular formula is C20H15F3N4O. The Morgan fingerprint density at radius 3 is 2.68 bits per heavy atom. The molecule has 0 aliphatic heterocycles. The Hall–Kier alpha value is -3.55. The molecular weight excluding hydrogens is 369 g/mol. The van der Waals surface area contributed by atoms with Crippen LogP contribution in [0.5, 0.6) is 5.75 Å². The molecule has 8 heteroatoms. The van der Waals surface area contributed by atoms with E-state index < -0.39 is 11.7 Å². The Morgan fingerprint density at radius 2 is 1.93 bits per heavy atom. The van der Waals surface area contributed by atoms with Crippen LogP contribution in [0.2, 0.25) is 0 Å². The van der Waals surface area contributed by atoms with Crippen molar-refractivity contribution in [1.29, 1.82) is 0 Å². The molecule has 2 N–H and O–H groups in total. The second-order valence-electron chi connectivity index (χ2n) is 6.12. The van der Waals surface area contributed by atoms with Gasteiger partial charge in [-0.2, -0.15) is 13.2 Å². The van der Waals surface area contributed by atoms with E-state index in [0.29, 0.717) is 17.1 Å². The second-order valence-corrected chi connectivity index (χ2v) is 6.12. The van der Waals surface area contributed by atoms with Gasteiger partial charge in [0.1, 0.15) is 12.1 Å². The average Bonchev–Trinajstić information content (AvgIpc) is 3.12. The van der Waals surface area contributed by atoms with Crippen molar-refractivity contribution in [2.24, 2.45) is 0 Å². The summed E-state index contributed by atoms with van der Waals surface area (Å²) in [5.41, 5.74) is 3.34. The Balaban J connectivity index is 1.71. The molecule has 28 heavy (non-hydrogen) atoms. The quantitative estimate of drug-likeness (QED) is 0.495. The topological polar surface area (TPSA) is 62.8 Å². The fraction of sp³-hybridized carbons (Fsp3) is 0.100. The third-order valence-electron chi connectivity index (χ3n) is 4.27. The number of nitrogens with zero attached hydrogens (tertiary/aromatic N) is 2. The molecule has 0 aliphatic rings. The largest absolute Gasteiger partial charge is 0.495 e. The van der Waals surface area contributed by atoms with E-state index in [0.717, 1.165) is 34.4 Å². The van der Waals surface area contributed by atoms with Gasteiger partial charge in [-0.25, -0.2) is 9.97 Å². The van der Waals surface area contributed by atoms with Gasteiger partial charge in [-0.15, -0.1) is 0 Å². The van der Waals surface area contributed by atoms with Crippen LogP contribution in [-0.4, -0.2) is 22.1 Å². The zero-order valence-electron chi connectivity index (χ0n) is 14.7. The number of hydrogen-bond donors (Lipinski definition) is 2. The minimum atomic E-state index is -4.41. The van der Waals surface area contributed by atoms with Gasteiger partial charge in [-0.05, 0) is 42.5 Å². The number of ether oxygens (including phenoxy) is 1. The Kier molecular flexibility index (Phi) is 4.38. The highest BCUT2D eigenvalue weighted by molar-refractivity contribution is 5.83. The smallest absolute Gasteiger partial charge is 0.416 e. The summed E-state index contributed by atoms with van der Waals surface area (Å²) in [4.78, 5) is 11.4. The van der Waals surface area contributed by atoms with Crippen molar-refractivity contribution in [2.75, 3.05) is 12.4 Å². The van der Waals surface area contributed by atoms with Gasteiger partial charge in [-0.3, -0.25) is 0 Å². The summed E-state index contributed by atoms with van der Waals surface area (Å²) in [5.74, 6) is 0.511. The maximum Gasteiger partial charge on any atom is 0.416 e. The molecule has 0 saturated carbocycles. The van der Waals surface area contributed by atoms with E-state index in [1.807, 2.05) is 12.1 Å². The number of methoxy groups -OCH3 is 1. The molecule has 2 aromatic carbocycles. The second kappa shape index (κ2) is 6.88. The first-order valence-electron chi connectivity index (χ1n) is 8.35. The van der Waals surface area contributed by atoms with E-state index in [2.05, 4.69) is 20.3 Å². The van der Waals surface area contributed by atoms with Gasteiger partial charge in [-0.1, -0.05) is 6.07 Å². The van der Waals surface area contributed by atoms with Gasteiger partial charge in [0, 0.05) is 16.9 Å². The number of hydrogen-bond acceptors (Lipinski definition) is 4. The van der Waals surface area contributed by atoms with Crippen molar-refractivity contribution in [2.45, 2.75) is 6.18 Å². The van der Waals surface area contributed by atoms with Crippen LogP contribution >= 0.6 is 0 Å². The van der Waals surface area contributed by atoms with E-state index in [1.165, 1.54) is 19.5 Å². The van der Waals surface area contributed by atoms with Crippen LogP contribution in [0.25, 0.3) is 22.3 Å². The summed E-state index contributed by atoms with van der Waals surface area (Å²) in [6, 6.07) is 12.3. The Morgan fingerprint density at radius 1 is 1.07 bits per heavy atom. The number of anilines is 2. The molecule has 0 fully saturated rings. The zero-order chi connectivity index (χ0) is 19.7. The fourth-order valence-corrected chi connectivity index (χ4v) is 2.93. The van der Waals surface area contributed by atoms with Crippen molar-refractivity contribution < 1.29 is 17.9 Å². The van der Waals surface area contributed by atoms with Crippen molar-refractivity contribution in [3.8, 4) is 17.0 Å². The number of H-pyrrole nitrogens is 1. The van der Waals surface area contributed by atoms with Crippen molar-refractivity contribution in [3.05, 3.63) is 66.6 Å². The summed E-state index contributed by atoms with van der Waals surface area (Å²) in [6.07, 6.45) is -1.26. The summed E-state index contributed by atoms with van der Waals surface area (Å²) in [5, 5.41) is 3.01. The van der Waals surface area contributed by atoms with E-state index in [9.17, 15) is 13.2 Å². The number of nitrogens with one attached hydrogen (secondary N) is 2. The molecule has 4 rings (SSSR count). The molecule has 0 radical (unpaired) electrons. The fourth-order valence-electron chi connectivity index (χ4n) is 2.93. The van der Waals surface area contributed by atoms with Gasteiger partial charge in [0.25, 0.3) is 0 Å². The van der Waals surface area contributed by atoms with Gasteiger partial charge >= 0.3 is 6.18 Å². The molecule has 2 heterocycles. The number of halogens is 3. The Labute approximate surface area is 158 Å². The molecule has 5 nitrogen and oxygen atoms in total. The zero-order valence-corrected chi connectivity index (χ0v) is 14.7. The van der Waals surface area contributed by atoms with Crippen LogP contribution in [-0.2, 0) is 6.18 Å². The summed E-state index contributed by atoms with van der Waals surface area (Å²) < 4.78 is 44.3. The van der Waals surface area contributed by atoms with Crippen molar-refractivity contribution >= 4 is 22.4 Å². The van der Waals surface area contributed by atoms with Crippen molar-refractivity contribution in [3.63, 3.8) is 0 Å². The maximum atomic E-state index is 13.0. The van der Waals surface area contributed by atoms with Crippen LogP contribution in [0.1, 0.15) is 5.56 Å². The molecule has 0 amide bonds. The van der Waals surface area contributed by atoms with Gasteiger partial charge in [0.15, 0.2) is 0 Å². The molecule has 142 valence electrons. The number of fused-ring (bicyclic) bond motifs is 1. The number of aromatic nitrogens is 3. The number of benzene rings is 2. The van der Waals surface area contributed by atoms with E-state index in [1.54, 1.807) is 24.4 Å². The maximum absolute atomic E-state index is 13.0. The van der Waals surface area contributed by atoms with Crippen LogP contribution in [0.3, 0.4) is 0 Å². The van der Waals surface area contributed by atoms with E-state index in [4.69, 9.17) is 4.74 Å². The van der Waals surface area contributed by atoms with Gasteiger partial charge in [0.2, 0.25) is 0 Å². The predicted molar refractivity (Wildman–Crippen MR) is 101 cm³/mol. The normalized spacial score (nSPS) is 11.6. The Bertz CT molecular complexity index is 1100. The number of alkyl halides is 3. The van der Waals surface area contributed by atoms with E-state index in [-0.39, 0.29) is 0 Å². The lowest BCUT2D eigenvalue weighted by atomic mass is 10.1. The molecule has 0 spiro atoms. The highest BCUT2D eigenvalue weighted by Crippen LogP contribution is 2.35. The third-order valence-corrected chi connectivity index (χ3v) is 4.27. The molecule has 0 unspecified atom stereocenters. The average molecular weight is 384 g/mol. The summed E-state index contributed by atoms with van der Waals surface area (Å²) in [6.45, 7) is 0. The SMILES string of the molecule is COc1ccc(-c2cc3ncncc3[nH]2)cc1Nc1cccc(C(F)(F)F)c1. The summed E-state index contributed by atoms with van der Waals surface area (Å²) >= 11 is 0. The monoisotopic (exact) mass is 384 g/mol. The lowest BCUT2D eigenvalue weighted by Crippen LogP contribution is -2.05. The minimum Gasteiger partial charge on any atom is -0.495 e. The third kappa shape index (κ3) is 3.48. The lowest BCUT2D eigenvalue weighted by molar-refractivity contribution is -0.137. The van der Waals surface area contributed by atoms with Gasteiger partial charge in [0.05, 0.1) is 35.6 Å². The molecule has 0 atom stereocenters. The molecule has 0 aliphatic carbocycles. The van der Waals surface area contributed by atoms with Crippen LogP contribution in [0.4, 0.5) is 24.5 Å². The van der Waals surface area contributed by atoms with Crippen molar-refractivity contribution in [1.82, 2.24) is 15.0 Å². The summed E-state index contributed by atoms with van der Waals surface area (Å²) in [7, 11) is 1.50. The van der Waals surface area contributed by atoms with Gasteiger partial charge < -0.3 is 15.0 Å². The first-order chi connectivity index (χ1) is 13.4. The highest BCUT2D eigenvalue weighted by Gasteiger charge is 2.30.